The monoisotopic (exact) mass is 593 g/mol. The number of unbranched alkanes of at least 4 members (excludes halogenated alkanes) is 6. The van der Waals surface area contributed by atoms with Crippen LogP contribution in [0.5, 0.6) is 0 Å². The van der Waals surface area contributed by atoms with E-state index in [9.17, 15) is 9.59 Å². The lowest BCUT2D eigenvalue weighted by atomic mass is 10.1. The normalized spacial score (nSPS) is 12.4. The number of aromatic nitrogens is 3. The molecule has 0 aliphatic carbocycles. The number of benzene rings is 1. The van der Waals surface area contributed by atoms with Crippen LogP contribution in [0.1, 0.15) is 96.7 Å². The zero-order valence-corrected chi connectivity index (χ0v) is 27.1. The Hall–Kier alpha value is -3.04. The lowest BCUT2D eigenvalue weighted by Crippen LogP contribution is -2.32. The number of anilines is 1. The number of nitrogens with one attached hydrogen (secondary N) is 2. The first-order valence-electron chi connectivity index (χ1n) is 16.5. The summed E-state index contributed by atoms with van der Waals surface area (Å²) in [6, 6.07) is 8.16. The standard InChI is InChI=1S/C34H55N7O2/c1-5-6-20-30-39-32-33(27-17-10-11-19-29(27)38-34(32)35)41(30)25-16-15-24-40(4)23-14-8-7-9-21-31(43)37-22-13-12-18-28(36-3)26(2)42/h10-11,17,19,28,36H,5-9,12-16,18,20-25H2,1-4H3,(H2,35,38)(H,37,43). The van der Waals surface area contributed by atoms with Crippen molar-refractivity contribution in [2.45, 2.75) is 110 Å². The number of nitrogens with zero attached hydrogens (tertiary/aromatic N) is 4. The molecule has 3 aromatic rings. The first-order chi connectivity index (χ1) is 20.8. The van der Waals surface area contributed by atoms with E-state index < -0.39 is 0 Å². The van der Waals surface area contributed by atoms with Crippen LogP contribution in [0.3, 0.4) is 0 Å². The molecule has 0 saturated carbocycles. The molecule has 2 heterocycles. The van der Waals surface area contributed by atoms with Gasteiger partial charge in [0.25, 0.3) is 0 Å². The molecule has 1 aromatic carbocycles. The van der Waals surface area contributed by atoms with Gasteiger partial charge in [-0.15, -0.1) is 0 Å². The van der Waals surface area contributed by atoms with Crippen molar-refractivity contribution in [1.82, 2.24) is 30.1 Å². The molecule has 2 aromatic heterocycles. The van der Waals surface area contributed by atoms with Crippen LogP contribution in [0.15, 0.2) is 24.3 Å². The average molecular weight is 594 g/mol. The number of nitrogens with two attached hydrogens (primary N) is 1. The highest BCUT2D eigenvalue weighted by atomic mass is 16.1. The largest absolute Gasteiger partial charge is 0.382 e. The number of aryl methyl sites for hydroxylation is 2. The van der Waals surface area contributed by atoms with Crippen LogP contribution in [0.25, 0.3) is 21.9 Å². The van der Waals surface area contributed by atoms with Crippen molar-refractivity contribution in [2.24, 2.45) is 0 Å². The maximum atomic E-state index is 12.1. The number of pyridine rings is 1. The van der Waals surface area contributed by atoms with Gasteiger partial charge in [-0.3, -0.25) is 9.59 Å². The Morgan fingerprint density at radius 2 is 1.72 bits per heavy atom. The second kappa shape index (κ2) is 18.6. The van der Waals surface area contributed by atoms with Crippen LogP contribution < -0.4 is 16.4 Å². The van der Waals surface area contributed by atoms with Gasteiger partial charge in [0.2, 0.25) is 5.91 Å². The molecule has 3 rings (SSSR count). The number of hydrogen-bond acceptors (Lipinski definition) is 7. The predicted octanol–water partition coefficient (Wildman–Crippen LogP) is 5.64. The molecule has 0 saturated heterocycles. The fourth-order valence-corrected chi connectivity index (χ4v) is 5.80. The molecule has 1 unspecified atom stereocenters. The number of para-hydroxylation sites is 1. The summed E-state index contributed by atoms with van der Waals surface area (Å²) in [6.45, 7) is 7.62. The van der Waals surface area contributed by atoms with Crippen LogP contribution in [-0.2, 0) is 22.6 Å². The van der Waals surface area contributed by atoms with Gasteiger partial charge >= 0.3 is 0 Å². The van der Waals surface area contributed by atoms with E-state index in [4.69, 9.17) is 10.7 Å². The second-order valence-electron chi connectivity index (χ2n) is 12.0. The van der Waals surface area contributed by atoms with Crippen LogP contribution in [-0.4, -0.2) is 70.9 Å². The highest BCUT2D eigenvalue weighted by Gasteiger charge is 2.17. The zero-order valence-electron chi connectivity index (χ0n) is 27.1. The van der Waals surface area contributed by atoms with Gasteiger partial charge in [0, 0.05) is 31.3 Å². The van der Waals surface area contributed by atoms with Crippen molar-refractivity contribution < 1.29 is 9.59 Å². The van der Waals surface area contributed by atoms with Crippen molar-refractivity contribution >= 4 is 39.4 Å². The molecule has 0 aliphatic heterocycles. The lowest BCUT2D eigenvalue weighted by molar-refractivity contribution is -0.121. The summed E-state index contributed by atoms with van der Waals surface area (Å²) < 4.78 is 2.40. The number of Topliss-reactive ketones (excluding diaryl/α,β-unsaturated/α-hetero) is 1. The molecule has 9 heteroatoms. The van der Waals surface area contributed by atoms with Gasteiger partial charge in [0.1, 0.15) is 17.1 Å². The first kappa shape index (κ1) is 34.5. The Labute approximate surface area is 258 Å². The minimum absolute atomic E-state index is 0.0688. The number of likely N-dealkylation sites (N-methyl/N-ethyl adjacent to an activating group) is 1. The number of hydrogen-bond donors (Lipinski definition) is 3. The van der Waals surface area contributed by atoms with E-state index in [1.165, 1.54) is 0 Å². The van der Waals surface area contributed by atoms with Crippen molar-refractivity contribution in [1.29, 1.82) is 0 Å². The van der Waals surface area contributed by atoms with Gasteiger partial charge in [-0.25, -0.2) is 9.97 Å². The molecule has 0 aliphatic rings. The highest BCUT2D eigenvalue weighted by molar-refractivity contribution is 6.06. The van der Waals surface area contributed by atoms with Crippen molar-refractivity contribution in [3.63, 3.8) is 0 Å². The van der Waals surface area contributed by atoms with E-state index >= 15 is 0 Å². The third-order valence-electron chi connectivity index (χ3n) is 8.39. The summed E-state index contributed by atoms with van der Waals surface area (Å²) >= 11 is 0. The van der Waals surface area contributed by atoms with E-state index in [1.54, 1.807) is 6.92 Å². The average Bonchev–Trinajstić information content (AvgIpc) is 3.36. The molecule has 43 heavy (non-hydrogen) atoms. The Kier molecular flexibility index (Phi) is 14.9. The Balaban J connectivity index is 1.31. The number of carbonyl (C=O) groups is 2. The summed E-state index contributed by atoms with van der Waals surface area (Å²) in [5.41, 5.74) is 9.24. The number of amides is 1. The maximum Gasteiger partial charge on any atom is 0.219 e. The van der Waals surface area contributed by atoms with Gasteiger partial charge in [-0.2, -0.15) is 0 Å². The minimum Gasteiger partial charge on any atom is -0.382 e. The van der Waals surface area contributed by atoms with Crippen LogP contribution >= 0.6 is 0 Å². The maximum absolute atomic E-state index is 12.1. The smallest absolute Gasteiger partial charge is 0.219 e. The zero-order chi connectivity index (χ0) is 31.0. The van der Waals surface area contributed by atoms with E-state index in [0.29, 0.717) is 18.8 Å². The number of nitrogen functional groups attached to an aromatic ring is 1. The van der Waals surface area contributed by atoms with Crippen molar-refractivity contribution in [2.75, 3.05) is 39.5 Å². The van der Waals surface area contributed by atoms with Crippen LogP contribution in [0.2, 0.25) is 0 Å². The molecular weight excluding hydrogens is 538 g/mol. The van der Waals surface area contributed by atoms with Gasteiger partial charge in [0.15, 0.2) is 5.82 Å². The van der Waals surface area contributed by atoms with Crippen LogP contribution in [0, 0.1) is 0 Å². The molecule has 238 valence electrons. The Morgan fingerprint density at radius 1 is 0.977 bits per heavy atom. The minimum atomic E-state index is -0.0688. The Bertz CT molecular complexity index is 1290. The summed E-state index contributed by atoms with van der Waals surface area (Å²) in [6.07, 6.45) is 13.0. The third-order valence-corrected chi connectivity index (χ3v) is 8.39. The number of carbonyl (C=O) groups excluding carboxylic acids is 2. The molecule has 9 nitrogen and oxygen atoms in total. The summed E-state index contributed by atoms with van der Waals surface area (Å²) in [7, 11) is 4.03. The third kappa shape index (κ3) is 10.9. The molecule has 0 fully saturated rings. The number of ketones is 1. The number of rotatable bonds is 22. The number of imidazole rings is 1. The molecule has 0 radical (unpaired) electrons. The highest BCUT2D eigenvalue weighted by Crippen LogP contribution is 2.29. The first-order valence-corrected chi connectivity index (χ1v) is 16.5. The summed E-state index contributed by atoms with van der Waals surface area (Å²) in [5.74, 6) is 1.96. The van der Waals surface area contributed by atoms with E-state index in [2.05, 4.69) is 51.2 Å². The SMILES string of the molecule is CCCCc1nc2c(N)nc3ccccc3c2n1CCCCN(C)CCCCCCC(=O)NCCCCC(NC)C(C)=O. The van der Waals surface area contributed by atoms with Crippen LogP contribution in [0.4, 0.5) is 5.82 Å². The Morgan fingerprint density at radius 3 is 2.47 bits per heavy atom. The fraction of sp³-hybridized carbons (Fsp3) is 0.647. The summed E-state index contributed by atoms with van der Waals surface area (Å²) in [4.78, 5) is 35.5. The fourth-order valence-electron chi connectivity index (χ4n) is 5.80. The molecule has 4 N–H and O–H groups in total. The van der Waals surface area contributed by atoms with E-state index in [0.717, 1.165) is 124 Å². The van der Waals surface area contributed by atoms with Gasteiger partial charge in [0.05, 0.1) is 17.1 Å². The molecule has 1 amide bonds. The second-order valence-corrected chi connectivity index (χ2v) is 12.0. The van der Waals surface area contributed by atoms with Gasteiger partial charge in [-0.1, -0.05) is 44.4 Å². The van der Waals surface area contributed by atoms with Gasteiger partial charge in [-0.05, 0) is 91.5 Å². The lowest BCUT2D eigenvalue weighted by Gasteiger charge is -2.17. The molecule has 1 atom stereocenters. The van der Waals surface area contributed by atoms with Crippen molar-refractivity contribution in [3.05, 3.63) is 30.1 Å². The molecule has 0 bridgehead atoms. The molecule has 0 spiro atoms. The topological polar surface area (TPSA) is 118 Å². The van der Waals surface area contributed by atoms with Crippen molar-refractivity contribution in [3.8, 4) is 0 Å². The number of fused-ring (bicyclic) bond motifs is 3. The quantitative estimate of drug-likeness (QED) is 0.129. The predicted molar refractivity (Wildman–Crippen MR) is 178 cm³/mol. The summed E-state index contributed by atoms with van der Waals surface area (Å²) in [5, 5.41) is 7.19. The van der Waals surface area contributed by atoms with Gasteiger partial charge < -0.3 is 25.8 Å². The van der Waals surface area contributed by atoms with E-state index in [1.807, 2.05) is 19.2 Å². The molecular formula is C34H55N7O2. The van der Waals surface area contributed by atoms with E-state index in [-0.39, 0.29) is 17.7 Å².